The summed E-state index contributed by atoms with van der Waals surface area (Å²) in [5.41, 5.74) is 3.71. The number of amides is 4. The number of aromatic nitrogens is 6. The van der Waals surface area contributed by atoms with Crippen molar-refractivity contribution in [2.24, 2.45) is 0 Å². The van der Waals surface area contributed by atoms with E-state index < -0.39 is 0 Å². The van der Waals surface area contributed by atoms with E-state index in [2.05, 4.69) is 20.6 Å². The molecule has 4 amide bonds. The van der Waals surface area contributed by atoms with Crippen molar-refractivity contribution in [2.45, 2.75) is 102 Å². The minimum atomic E-state index is -0.214. The van der Waals surface area contributed by atoms with Crippen LogP contribution in [0.15, 0.2) is 60.9 Å². The van der Waals surface area contributed by atoms with Gasteiger partial charge < -0.3 is 9.47 Å². The molecule has 2 saturated heterocycles. The Morgan fingerprint density at radius 2 is 0.923 bits per heavy atom. The molecule has 8 rings (SSSR count). The van der Waals surface area contributed by atoms with Crippen molar-refractivity contribution in [1.82, 2.24) is 39.8 Å². The molecule has 4 aliphatic heterocycles. The lowest BCUT2D eigenvalue weighted by Gasteiger charge is -2.20. The topological polar surface area (TPSA) is 155 Å². The quantitative estimate of drug-likeness (QED) is 0.131. The number of benzene rings is 2. The molecule has 0 saturated carbocycles. The van der Waals surface area contributed by atoms with Gasteiger partial charge >= 0.3 is 0 Å². The van der Waals surface area contributed by atoms with Crippen molar-refractivity contribution in [3.05, 3.63) is 94.6 Å². The Labute approximate surface area is 301 Å². The fourth-order valence-corrected chi connectivity index (χ4v) is 7.82. The van der Waals surface area contributed by atoms with Gasteiger partial charge in [0.25, 0.3) is 23.6 Å². The zero-order chi connectivity index (χ0) is 35.6. The number of fused-ring (bicyclic) bond motifs is 2. The Hall–Kier alpha value is -5.08. The maximum atomic E-state index is 12.6. The van der Waals surface area contributed by atoms with E-state index in [1.807, 2.05) is 21.8 Å². The van der Waals surface area contributed by atoms with Gasteiger partial charge in [-0.3, -0.25) is 29.0 Å². The number of carbonyl (C=O) groups excluding carboxylic acids is 4. The average molecular weight is 707 g/mol. The summed E-state index contributed by atoms with van der Waals surface area (Å²) in [7, 11) is 0. The summed E-state index contributed by atoms with van der Waals surface area (Å²) in [6, 6.07) is 13.9. The molecule has 4 atom stereocenters. The normalized spacial score (nSPS) is 22.6. The highest BCUT2D eigenvalue weighted by atomic mass is 16.6. The van der Waals surface area contributed by atoms with Crippen LogP contribution in [0.4, 0.5) is 0 Å². The summed E-state index contributed by atoms with van der Waals surface area (Å²) in [5, 5.41) is 17.3. The monoisotopic (exact) mass is 706 g/mol. The lowest BCUT2D eigenvalue weighted by atomic mass is 10.1. The molecule has 4 aliphatic rings. The highest BCUT2D eigenvalue weighted by molar-refractivity contribution is 6.22. The number of unbranched alkanes of at least 4 members (excludes halogenated alkanes) is 2. The number of imide groups is 2. The minimum Gasteiger partial charge on any atom is -0.370 e. The largest absolute Gasteiger partial charge is 0.370 e. The van der Waals surface area contributed by atoms with E-state index in [4.69, 9.17) is 9.47 Å². The molecule has 0 N–H and O–H groups in total. The fourth-order valence-electron chi connectivity index (χ4n) is 7.82. The molecule has 0 radical (unpaired) electrons. The first-order valence-corrected chi connectivity index (χ1v) is 18.4. The Morgan fingerprint density at radius 3 is 1.31 bits per heavy atom. The van der Waals surface area contributed by atoms with E-state index >= 15 is 0 Å². The molecule has 14 nitrogen and oxygen atoms in total. The van der Waals surface area contributed by atoms with Gasteiger partial charge in [0.05, 0.1) is 71.1 Å². The average Bonchev–Trinajstić information content (AvgIpc) is 4.03. The first kappa shape index (κ1) is 34.0. The van der Waals surface area contributed by atoms with E-state index in [9.17, 15) is 19.2 Å². The Balaban J connectivity index is 0.716. The summed E-state index contributed by atoms with van der Waals surface area (Å²) in [5.74, 6) is -0.854. The van der Waals surface area contributed by atoms with Crippen molar-refractivity contribution < 1.29 is 28.7 Å². The molecular formula is C38H42N8O6. The lowest BCUT2D eigenvalue weighted by molar-refractivity contribution is -0.0714. The van der Waals surface area contributed by atoms with Crippen molar-refractivity contribution in [1.29, 1.82) is 0 Å². The van der Waals surface area contributed by atoms with E-state index in [1.165, 1.54) is 9.80 Å². The summed E-state index contributed by atoms with van der Waals surface area (Å²) in [6.07, 6.45) is 12.3. The molecule has 4 aromatic rings. The Kier molecular flexibility index (Phi) is 9.74. The maximum Gasteiger partial charge on any atom is 0.261 e. The standard InChI is InChI=1S/C38H42N8O6/c47-35-29-11-1-2-12-30(29)36(48)45(35)19-7-5-9-25-21-43(41-39-25)23-27-15-17-33(51-27)34-18-16-28(52-34)24-44-22-26(40-42-44)10-6-8-20-46-37(49)31-13-3-4-14-32(31)38(46)50/h1-4,11-14,21-22,27-28,33-34H,5-10,15-20,23-24H2/t27-,28-,33+,34+/m1/s1. The van der Waals surface area contributed by atoms with Crippen LogP contribution in [-0.2, 0) is 35.4 Å². The Bertz CT molecular complexity index is 1760. The van der Waals surface area contributed by atoms with Crippen molar-refractivity contribution in [2.75, 3.05) is 13.1 Å². The first-order valence-electron chi connectivity index (χ1n) is 18.4. The number of nitrogens with zero attached hydrogens (tertiary/aromatic N) is 8. The van der Waals surface area contributed by atoms with Gasteiger partial charge in [0.15, 0.2) is 0 Å². The highest BCUT2D eigenvalue weighted by Crippen LogP contribution is 2.32. The Morgan fingerprint density at radius 1 is 0.538 bits per heavy atom. The third-order valence-corrected chi connectivity index (χ3v) is 10.5. The summed E-state index contributed by atoms with van der Waals surface area (Å²) in [6.45, 7) is 2.06. The predicted octanol–water partition coefficient (Wildman–Crippen LogP) is 3.90. The molecule has 0 aliphatic carbocycles. The molecule has 2 aromatic heterocycles. The second-order valence-electron chi connectivity index (χ2n) is 14.1. The van der Waals surface area contributed by atoms with Crippen LogP contribution in [0.25, 0.3) is 0 Å². The highest BCUT2D eigenvalue weighted by Gasteiger charge is 2.38. The van der Waals surface area contributed by atoms with E-state index in [-0.39, 0.29) is 48.0 Å². The predicted molar refractivity (Wildman–Crippen MR) is 185 cm³/mol. The van der Waals surface area contributed by atoms with E-state index in [1.54, 1.807) is 48.5 Å². The molecule has 6 heterocycles. The molecule has 0 unspecified atom stereocenters. The first-order chi connectivity index (χ1) is 25.4. The minimum absolute atomic E-state index is 0.0472. The summed E-state index contributed by atoms with van der Waals surface area (Å²) in [4.78, 5) is 53.0. The third kappa shape index (κ3) is 7.04. The third-order valence-electron chi connectivity index (χ3n) is 10.5. The van der Waals surface area contributed by atoms with Gasteiger partial charge in [-0.1, -0.05) is 34.7 Å². The van der Waals surface area contributed by atoms with Gasteiger partial charge in [0.1, 0.15) is 0 Å². The molecule has 2 fully saturated rings. The van der Waals surface area contributed by atoms with Crippen LogP contribution in [0.1, 0.15) is 104 Å². The second-order valence-corrected chi connectivity index (χ2v) is 14.1. The van der Waals surface area contributed by atoms with Gasteiger partial charge in [0, 0.05) is 25.5 Å². The van der Waals surface area contributed by atoms with Crippen molar-refractivity contribution in [3.8, 4) is 0 Å². The number of hydrogen-bond donors (Lipinski definition) is 0. The van der Waals surface area contributed by atoms with Crippen LogP contribution in [0, 0.1) is 0 Å². The van der Waals surface area contributed by atoms with Crippen LogP contribution >= 0.6 is 0 Å². The molecular weight excluding hydrogens is 664 g/mol. The SMILES string of the molecule is O=C1c2ccccc2C(=O)N1CCCCc1cn(C[C@H]2CC[C@@H]([C@@H]3CC[C@H](Cn4cc(CCCCN5C(=O)c6ccccc6C5=O)nn4)O3)O2)nn1. The van der Waals surface area contributed by atoms with Crippen LogP contribution < -0.4 is 0 Å². The van der Waals surface area contributed by atoms with Gasteiger partial charge in [-0.25, -0.2) is 9.36 Å². The van der Waals surface area contributed by atoms with Gasteiger partial charge in [0.2, 0.25) is 0 Å². The molecule has 0 spiro atoms. The molecule has 52 heavy (non-hydrogen) atoms. The van der Waals surface area contributed by atoms with Crippen LogP contribution in [0.5, 0.6) is 0 Å². The second kappa shape index (κ2) is 14.9. The summed E-state index contributed by atoms with van der Waals surface area (Å²) < 4.78 is 16.5. The number of carbonyl (C=O) groups is 4. The maximum absolute atomic E-state index is 12.6. The number of aryl methyl sites for hydroxylation is 2. The summed E-state index contributed by atoms with van der Waals surface area (Å²) >= 11 is 0. The van der Waals surface area contributed by atoms with Crippen LogP contribution in [0.2, 0.25) is 0 Å². The number of rotatable bonds is 15. The fraction of sp³-hybridized carbons (Fsp3) is 0.474. The zero-order valence-corrected chi connectivity index (χ0v) is 29.0. The van der Waals surface area contributed by atoms with E-state index in [0.29, 0.717) is 61.3 Å². The van der Waals surface area contributed by atoms with Gasteiger partial charge in [-0.2, -0.15) is 0 Å². The van der Waals surface area contributed by atoms with Gasteiger partial charge in [-0.15, -0.1) is 10.2 Å². The molecule has 270 valence electrons. The van der Waals surface area contributed by atoms with E-state index in [0.717, 1.165) is 62.8 Å². The molecule has 0 bridgehead atoms. The van der Waals surface area contributed by atoms with Crippen LogP contribution in [-0.4, -0.2) is 101 Å². The zero-order valence-electron chi connectivity index (χ0n) is 29.0. The number of ether oxygens (including phenoxy) is 2. The van der Waals surface area contributed by atoms with Crippen molar-refractivity contribution >= 4 is 23.6 Å². The lowest BCUT2D eigenvalue weighted by Crippen LogP contribution is -2.30. The number of hydrogen-bond acceptors (Lipinski definition) is 10. The van der Waals surface area contributed by atoms with Gasteiger partial charge in [-0.05, 0) is 88.5 Å². The smallest absolute Gasteiger partial charge is 0.261 e. The van der Waals surface area contributed by atoms with Crippen LogP contribution in [0.3, 0.4) is 0 Å². The molecule has 2 aromatic carbocycles. The molecule has 14 heteroatoms. The van der Waals surface area contributed by atoms with Crippen molar-refractivity contribution in [3.63, 3.8) is 0 Å².